The quantitative estimate of drug-likeness (QED) is 0.850. The first-order chi connectivity index (χ1) is 7.17. The molecule has 1 N–H and O–H groups in total. The second-order valence-corrected chi connectivity index (χ2v) is 4.13. The summed E-state index contributed by atoms with van der Waals surface area (Å²) in [7, 11) is 1.55. The zero-order valence-corrected chi connectivity index (χ0v) is 9.80. The van der Waals surface area contributed by atoms with E-state index in [-0.39, 0.29) is 11.2 Å². The monoisotopic (exact) mass is 226 g/mol. The Morgan fingerprint density at radius 1 is 1.60 bits per heavy atom. The molecule has 0 spiro atoms. The summed E-state index contributed by atoms with van der Waals surface area (Å²) in [6.45, 7) is 1.86. The van der Waals surface area contributed by atoms with Crippen molar-refractivity contribution < 1.29 is 9.53 Å². The molecule has 0 bridgehead atoms. The van der Waals surface area contributed by atoms with Crippen LogP contribution in [0, 0.1) is 0 Å². The molecule has 0 aliphatic rings. The minimum Gasteiger partial charge on any atom is -0.481 e. The van der Waals surface area contributed by atoms with Crippen molar-refractivity contribution in [2.45, 2.75) is 12.2 Å². The number of nitrogens with zero attached hydrogens (tertiary/aromatic N) is 1. The lowest BCUT2D eigenvalue weighted by molar-refractivity contribution is -0.115. The molecule has 1 aromatic heterocycles. The highest BCUT2D eigenvalue weighted by Gasteiger charge is 2.10. The lowest BCUT2D eigenvalue weighted by atomic mass is 10.3. The fourth-order valence-electron chi connectivity index (χ4n) is 0.926. The van der Waals surface area contributed by atoms with Gasteiger partial charge in [-0.1, -0.05) is 0 Å². The number of anilines is 1. The number of nitrogens with one attached hydrogen (secondary N) is 1. The molecule has 1 amide bonds. The van der Waals surface area contributed by atoms with E-state index in [4.69, 9.17) is 4.74 Å². The maximum atomic E-state index is 11.5. The van der Waals surface area contributed by atoms with Gasteiger partial charge in [0.25, 0.3) is 0 Å². The van der Waals surface area contributed by atoms with Crippen LogP contribution in [-0.4, -0.2) is 29.5 Å². The highest BCUT2D eigenvalue weighted by molar-refractivity contribution is 7.99. The van der Waals surface area contributed by atoms with E-state index in [2.05, 4.69) is 10.3 Å². The largest absolute Gasteiger partial charge is 0.481 e. The third kappa shape index (κ3) is 3.43. The van der Waals surface area contributed by atoms with Gasteiger partial charge in [-0.2, -0.15) is 11.8 Å². The van der Waals surface area contributed by atoms with Crippen LogP contribution in [0.1, 0.15) is 6.92 Å². The van der Waals surface area contributed by atoms with E-state index in [1.807, 2.05) is 13.2 Å². The maximum Gasteiger partial charge on any atom is 0.237 e. The molecule has 0 fully saturated rings. The van der Waals surface area contributed by atoms with Crippen LogP contribution in [0.2, 0.25) is 0 Å². The van der Waals surface area contributed by atoms with Gasteiger partial charge in [0.2, 0.25) is 11.8 Å². The second kappa shape index (κ2) is 5.60. The minimum atomic E-state index is -0.0629. The Morgan fingerprint density at radius 3 is 2.80 bits per heavy atom. The summed E-state index contributed by atoms with van der Waals surface area (Å²) >= 11 is 1.50. The van der Waals surface area contributed by atoms with Crippen LogP contribution in [0.15, 0.2) is 18.3 Å². The summed E-state index contributed by atoms with van der Waals surface area (Å²) in [4.78, 5) is 15.5. The summed E-state index contributed by atoms with van der Waals surface area (Å²) in [5.74, 6) is 0.514. The summed E-state index contributed by atoms with van der Waals surface area (Å²) < 4.78 is 4.91. The normalized spacial score (nSPS) is 11.9. The number of hydrogen-bond donors (Lipinski definition) is 1. The molecule has 0 saturated heterocycles. The van der Waals surface area contributed by atoms with Crippen LogP contribution in [0.5, 0.6) is 5.88 Å². The Hall–Kier alpha value is -1.23. The van der Waals surface area contributed by atoms with Crippen molar-refractivity contribution in [3.05, 3.63) is 18.3 Å². The number of ether oxygens (including phenoxy) is 1. The van der Waals surface area contributed by atoms with Crippen LogP contribution in [0.4, 0.5) is 5.69 Å². The molecule has 0 radical (unpaired) electrons. The van der Waals surface area contributed by atoms with Crippen molar-refractivity contribution in [2.24, 2.45) is 0 Å². The maximum absolute atomic E-state index is 11.5. The molecule has 1 atom stereocenters. The van der Waals surface area contributed by atoms with Gasteiger partial charge in [-0.15, -0.1) is 0 Å². The van der Waals surface area contributed by atoms with Crippen molar-refractivity contribution in [1.29, 1.82) is 0 Å². The number of methoxy groups -OCH3 is 1. The predicted octanol–water partition coefficient (Wildman–Crippen LogP) is 1.78. The molecule has 0 saturated carbocycles. The highest BCUT2D eigenvalue weighted by atomic mass is 32.2. The number of carbonyl (C=O) groups excluding carboxylic acids is 1. The summed E-state index contributed by atoms with van der Waals surface area (Å²) in [6, 6.07) is 3.47. The van der Waals surface area contributed by atoms with Crippen LogP contribution >= 0.6 is 11.8 Å². The zero-order chi connectivity index (χ0) is 11.3. The van der Waals surface area contributed by atoms with Gasteiger partial charge < -0.3 is 10.1 Å². The molecular formula is C10H14N2O2S. The van der Waals surface area contributed by atoms with Crippen molar-refractivity contribution in [2.75, 3.05) is 18.7 Å². The van der Waals surface area contributed by atoms with E-state index in [9.17, 15) is 4.79 Å². The Bertz CT molecular complexity index is 327. The molecule has 1 heterocycles. The van der Waals surface area contributed by atoms with E-state index < -0.39 is 0 Å². The van der Waals surface area contributed by atoms with Crippen molar-refractivity contribution >= 4 is 23.4 Å². The first kappa shape index (κ1) is 11.8. The van der Waals surface area contributed by atoms with E-state index in [0.717, 1.165) is 0 Å². The first-order valence-electron chi connectivity index (χ1n) is 4.51. The third-order valence-electron chi connectivity index (χ3n) is 1.94. The predicted molar refractivity (Wildman–Crippen MR) is 62.4 cm³/mol. The van der Waals surface area contributed by atoms with Gasteiger partial charge in [0.1, 0.15) is 0 Å². The fourth-order valence-corrected chi connectivity index (χ4v) is 1.20. The molecule has 0 aliphatic carbocycles. The number of pyridine rings is 1. The average molecular weight is 226 g/mol. The number of carbonyl (C=O) groups is 1. The molecule has 1 aromatic rings. The number of hydrogen-bond acceptors (Lipinski definition) is 4. The Morgan fingerprint density at radius 2 is 2.33 bits per heavy atom. The lowest BCUT2D eigenvalue weighted by Crippen LogP contribution is -2.22. The van der Waals surface area contributed by atoms with Gasteiger partial charge in [0.05, 0.1) is 24.2 Å². The molecule has 15 heavy (non-hydrogen) atoms. The molecule has 0 aliphatic heterocycles. The van der Waals surface area contributed by atoms with Crippen molar-refractivity contribution in [1.82, 2.24) is 4.98 Å². The standard InChI is InChI=1S/C10H14N2O2S/c1-7(15-3)10(13)12-8-4-5-9(14-2)11-6-8/h4-7H,1-3H3,(H,12,13)/t7-/m0/s1. The first-order valence-corrected chi connectivity index (χ1v) is 5.80. The van der Waals surface area contributed by atoms with Gasteiger partial charge in [0.15, 0.2) is 0 Å². The van der Waals surface area contributed by atoms with E-state index in [0.29, 0.717) is 11.6 Å². The summed E-state index contributed by atoms with van der Waals surface area (Å²) in [6.07, 6.45) is 3.47. The van der Waals surface area contributed by atoms with Crippen LogP contribution in [0.3, 0.4) is 0 Å². The number of aromatic nitrogens is 1. The Balaban J connectivity index is 2.61. The molecule has 0 unspecified atom stereocenters. The molecule has 0 aromatic carbocycles. The van der Waals surface area contributed by atoms with Crippen molar-refractivity contribution in [3.8, 4) is 5.88 Å². The minimum absolute atomic E-state index is 0.0190. The number of amides is 1. The van der Waals surface area contributed by atoms with Crippen LogP contribution in [-0.2, 0) is 4.79 Å². The smallest absolute Gasteiger partial charge is 0.237 e. The van der Waals surface area contributed by atoms with Gasteiger partial charge in [-0.25, -0.2) is 4.98 Å². The molecule has 5 heteroatoms. The molecule has 4 nitrogen and oxygen atoms in total. The molecule has 82 valence electrons. The van der Waals surface area contributed by atoms with Gasteiger partial charge in [-0.05, 0) is 19.2 Å². The highest BCUT2D eigenvalue weighted by Crippen LogP contribution is 2.13. The average Bonchev–Trinajstić information content (AvgIpc) is 2.29. The van der Waals surface area contributed by atoms with Gasteiger partial charge in [0, 0.05) is 6.07 Å². The van der Waals surface area contributed by atoms with Gasteiger partial charge >= 0.3 is 0 Å². The summed E-state index contributed by atoms with van der Waals surface area (Å²) in [5.41, 5.74) is 0.682. The second-order valence-electron chi connectivity index (χ2n) is 2.96. The van der Waals surface area contributed by atoms with E-state index in [1.54, 1.807) is 25.4 Å². The van der Waals surface area contributed by atoms with Crippen LogP contribution < -0.4 is 10.1 Å². The molecular weight excluding hydrogens is 212 g/mol. The summed E-state index contributed by atoms with van der Waals surface area (Å²) in [5, 5.41) is 2.70. The topological polar surface area (TPSA) is 51.2 Å². The van der Waals surface area contributed by atoms with E-state index in [1.165, 1.54) is 11.8 Å². The Labute approximate surface area is 93.4 Å². The van der Waals surface area contributed by atoms with Crippen molar-refractivity contribution in [3.63, 3.8) is 0 Å². The van der Waals surface area contributed by atoms with Crippen LogP contribution in [0.25, 0.3) is 0 Å². The third-order valence-corrected chi connectivity index (χ3v) is 2.86. The molecule has 1 rings (SSSR count). The fraction of sp³-hybridized carbons (Fsp3) is 0.400. The van der Waals surface area contributed by atoms with Gasteiger partial charge in [-0.3, -0.25) is 4.79 Å². The number of thioether (sulfide) groups is 1. The lowest BCUT2D eigenvalue weighted by Gasteiger charge is -2.09. The number of rotatable bonds is 4. The Kier molecular flexibility index (Phi) is 4.42. The van der Waals surface area contributed by atoms with E-state index >= 15 is 0 Å². The SMILES string of the molecule is COc1ccc(NC(=O)[C@H](C)SC)cn1. The zero-order valence-electron chi connectivity index (χ0n) is 8.98.